The van der Waals surface area contributed by atoms with E-state index in [1.807, 2.05) is 0 Å². The predicted molar refractivity (Wildman–Crippen MR) is 144 cm³/mol. The first-order valence-electron chi connectivity index (χ1n) is 14.0. The Balaban J connectivity index is 1.64. The number of halogens is 3. The van der Waals surface area contributed by atoms with Crippen molar-refractivity contribution in [1.29, 1.82) is 0 Å². The molecule has 232 valence electrons. The van der Waals surface area contributed by atoms with Gasteiger partial charge in [0.05, 0.1) is 23.9 Å². The Morgan fingerprint density at radius 2 is 1.81 bits per heavy atom. The second-order valence-corrected chi connectivity index (χ2v) is 11.8. The molecule has 11 nitrogen and oxygen atoms in total. The first kappa shape index (κ1) is 31.2. The molecule has 1 spiro atoms. The number of carbonyl (C=O) groups excluding carboxylic acids is 4. The van der Waals surface area contributed by atoms with Crippen molar-refractivity contribution in [2.24, 2.45) is 0 Å². The van der Waals surface area contributed by atoms with Crippen molar-refractivity contribution in [1.82, 2.24) is 15.5 Å². The van der Waals surface area contributed by atoms with E-state index in [1.54, 1.807) is 20.8 Å². The zero-order valence-electron chi connectivity index (χ0n) is 24.2. The molecule has 2 N–H and O–H groups in total. The van der Waals surface area contributed by atoms with Gasteiger partial charge in [0.2, 0.25) is 0 Å². The van der Waals surface area contributed by atoms with Crippen LogP contribution in [0.15, 0.2) is 12.1 Å². The van der Waals surface area contributed by atoms with Crippen molar-refractivity contribution in [3.8, 4) is 5.75 Å². The molecule has 1 aromatic carbocycles. The predicted octanol–water partition coefficient (Wildman–Crippen LogP) is 4.23. The number of methoxy groups -OCH3 is 1. The van der Waals surface area contributed by atoms with E-state index in [-0.39, 0.29) is 31.1 Å². The van der Waals surface area contributed by atoms with Crippen LogP contribution < -0.4 is 20.3 Å². The van der Waals surface area contributed by atoms with Crippen LogP contribution in [0.3, 0.4) is 0 Å². The van der Waals surface area contributed by atoms with Gasteiger partial charge in [-0.05, 0) is 71.4 Å². The highest BCUT2D eigenvalue weighted by Gasteiger charge is 2.51. The average molecular weight is 599 g/mol. The summed E-state index contributed by atoms with van der Waals surface area (Å²) < 4.78 is 58.9. The molecule has 0 unspecified atom stereocenters. The fourth-order valence-electron chi connectivity index (χ4n) is 5.57. The fraction of sp³-hybridized carbons (Fsp3) is 0.643. The maximum atomic E-state index is 14.3. The summed E-state index contributed by atoms with van der Waals surface area (Å²) in [5.41, 5.74) is -3.92. The fourth-order valence-corrected chi connectivity index (χ4v) is 5.57. The molecular weight excluding hydrogens is 561 g/mol. The minimum Gasteiger partial charge on any atom is -0.475 e. The standard InChI is InChI=1S/C28H37F3N4O7/c1-26(2,3)42-25(39)34-12-7-8-17(16-34)33-22(36)18-14-20-21(15-19(18)28(29,30)31)41-27(9-5-6-10-27)23(37)35(20)13-11-32-24(38)40-4/h14-15,17H,5-13,16H2,1-4H3,(H,32,38)(H,33,36)/t17-/m1/s1. The summed E-state index contributed by atoms with van der Waals surface area (Å²) in [5, 5.41) is 5.10. The summed E-state index contributed by atoms with van der Waals surface area (Å²) in [6, 6.07) is 1.17. The minimum atomic E-state index is -4.90. The smallest absolute Gasteiger partial charge is 0.417 e. The molecule has 1 aliphatic carbocycles. The van der Waals surface area contributed by atoms with E-state index >= 15 is 0 Å². The SMILES string of the molecule is COC(=O)NCCN1C(=O)C2(CCCC2)Oc2cc(C(F)(F)F)c(C(=O)N[C@@H]3CCCN(C(=O)OC(C)(C)C)C3)cc21. The number of nitrogens with one attached hydrogen (secondary N) is 2. The van der Waals surface area contributed by atoms with Crippen LogP contribution in [-0.2, 0) is 20.4 Å². The maximum Gasteiger partial charge on any atom is 0.417 e. The molecule has 3 aliphatic rings. The number of carbonyl (C=O) groups is 4. The van der Waals surface area contributed by atoms with Crippen molar-refractivity contribution in [3.05, 3.63) is 23.3 Å². The summed E-state index contributed by atoms with van der Waals surface area (Å²) in [4.78, 5) is 53.8. The normalized spacial score (nSPS) is 20.1. The number of hydrogen-bond acceptors (Lipinski definition) is 7. The van der Waals surface area contributed by atoms with E-state index < -0.39 is 58.5 Å². The quantitative estimate of drug-likeness (QED) is 0.520. The lowest BCUT2D eigenvalue weighted by Gasteiger charge is -2.41. The molecule has 2 heterocycles. The number of anilines is 1. The van der Waals surface area contributed by atoms with Crippen molar-refractivity contribution in [2.75, 3.05) is 38.2 Å². The third-order valence-electron chi connectivity index (χ3n) is 7.49. The van der Waals surface area contributed by atoms with Gasteiger partial charge in [-0.15, -0.1) is 0 Å². The van der Waals surface area contributed by atoms with Crippen LogP contribution in [0, 0.1) is 0 Å². The second kappa shape index (κ2) is 11.9. The van der Waals surface area contributed by atoms with Crippen LogP contribution in [0.1, 0.15) is 75.2 Å². The Labute approximate surface area is 242 Å². The molecule has 0 bridgehead atoms. The van der Waals surface area contributed by atoms with E-state index in [0.29, 0.717) is 45.1 Å². The highest BCUT2D eigenvalue weighted by Crippen LogP contribution is 2.47. The van der Waals surface area contributed by atoms with Crippen LogP contribution in [0.25, 0.3) is 0 Å². The number of hydrogen-bond donors (Lipinski definition) is 2. The first-order valence-corrected chi connectivity index (χ1v) is 14.0. The third kappa shape index (κ3) is 6.84. The van der Waals surface area contributed by atoms with Gasteiger partial charge < -0.3 is 34.6 Å². The van der Waals surface area contributed by atoms with Crippen molar-refractivity contribution >= 4 is 29.7 Å². The Morgan fingerprint density at radius 1 is 1.12 bits per heavy atom. The number of amides is 4. The molecule has 4 rings (SSSR count). The van der Waals surface area contributed by atoms with Crippen LogP contribution in [0.4, 0.5) is 28.4 Å². The van der Waals surface area contributed by atoms with Crippen LogP contribution in [0.5, 0.6) is 5.75 Å². The lowest BCUT2D eigenvalue weighted by Crippen LogP contribution is -2.56. The van der Waals surface area contributed by atoms with Crippen molar-refractivity contribution < 1.29 is 46.6 Å². The summed E-state index contributed by atoms with van der Waals surface area (Å²) in [6.45, 7) is 5.51. The largest absolute Gasteiger partial charge is 0.475 e. The minimum absolute atomic E-state index is 0.00127. The van der Waals surface area contributed by atoms with Crippen LogP contribution in [0.2, 0.25) is 0 Å². The number of piperidine rings is 1. The molecule has 1 saturated heterocycles. The Morgan fingerprint density at radius 3 is 2.43 bits per heavy atom. The molecule has 1 saturated carbocycles. The lowest BCUT2D eigenvalue weighted by atomic mass is 9.94. The second-order valence-electron chi connectivity index (χ2n) is 11.8. The summed E-state index contributed by atoms with van der Waals surface area (Å²) >= 11 is 0. The molecule has 2 aliphatic heterocycles. The van der Waals surface area contributed by atoms with Crippen LogP contribution >= 0.6 is 0 Å². The van der Waals surface area contributed by atoms with E-state index in [4.69, 9.17) is 9.47 Å². The number of likely N-dealkylation sites (tertiary alicyclic amines) is 1. The molecule has 42 heavy (non-hydrogen) atoms. The van der Waals surface area contributed by atoms with E-state index in [2.05, 4.69) is 15.4 Å². The highest BCUT2D eigenvalue weighted by atomic mass is 19.4. The molecule has 0 aromatic heterocycles. The number of nitrogens with zero attached hydrogens (tertiary/aromatic N) is 2. The van der Waals surface area contributed by atoms with Gasteiger partial charge in [0.25, 0.3) is 11.8 Å². The Kier molecular flexibility index (Phi) is 8.84. The molecular formula is C28H37F3N4O7. The van der Waals surface area contributed by atoms with Gasteiger partial charge in [-0.2, -0.15) is 13.2 Å². The average Bonchev–Trinajstić information content (AvgIpc) is 3.38. The lowest BCUT2D eigenvalue weighted by molar-refractivity contribution is -0.138. The van der Waals surface area contributed by atoms with Gasteiger partial charge in [-0.25, -0.2) is 9.59 Å². The third-order valence-corrected chi connectivity index (χ3v) is 7.49. The Hall–Kier alpha value is -3.71. The van der Waals surface area contributed by atoms with Gasteiger partial charge in [-0.1, -0.05) is 0 Å². The summed E-state index contributed by atoms with van der Waals surface area (Å²) in [6.07, 6.45) is -3.21. The van der Waals surface area contributed by atoms with E-state index in [0.717, 1.165) is 12.1 Å². The number of rotatable bonds is 5. The van der Waals surface area contributed by atoms with E-state index in [1.165, 1.54) is 16.9 Å². The first-order chi connectivity index (χ1) is 19.6. The zero-order valence-corrected chi connectivity index (χ0v) is 24.2. The van der Waals surface area contributed by atoms with Gasteiger partial charge in [0.1, 0.15) is 11.4 Å². The van der Waals surface area contributed by atoms with Crippen LogP contribution in [-0.4, -0.2) is 79.4 Å². The summed E-state index contributed by atoms with van der Waals surface area (Å²) in [7, 11) is 1.18. The maximum absolute atomic E-state index is 14.3. The molecule has 14 heteroatoms. The number of fused-ring (bicyclic) bond motifs is 1. The van der Waals surface area contributed by atoms with E-state index in [9.17, 15) is 32.3 Å². The number of benzene rings is 1. The number of alkyl halides is 3. The topological polar surface area (TPSA) is 127 Å². The zero-order chi connectivity index (χ0) is 30.9. The monoisotopic (exact) mass is 598 g/mol. The molecule has 0 radical (unpaired) electrons. The van der Waals surface area contributed by atoms with Gasteiger partial charge in [0.15, 0.2) is 5.60 Å². The van der Waals surface area contributed by atoms with Crippen molar-refractivity contribution in [3.63, 3.8) is 0 Å². The van der Waals surface area contributed by atoms with Gasteiger partial charge in [-0.3, -0.25) is 9.59 Å². The number of alkyl carbamates (subject to hydrolysis) is 1. The number of ether oxygens (including phenoxy) is 3. The van der Waals surface area contributed by atoms with Crippen molar-refractivity contribution in [2.45, 2.75) is 82.7 Å². The summed E-state index contributed by atoms with van der Waals surface area (Å²) in [5.74, 6) is -1.60. The van der Waals surface area contributed by atoms with Gasteiger partial charge >= 0.3 is 18.4 Å². The molecule has 4 amide bonds. The van der Waals surface area contributed by atoms with Gasteiger partial charge in [0, 0.05) is 32.2 Å². The molecule has 1 atom stereocenters. The highest BCUT2D eigenvalue weighted by molar-refractivity contribution is 6.05. The molecule has 1 aromatic rings. The molecule has 2 fully saturated rings. The Bertz CT molecular complexity index is 1230.